The highest BCUT2D eigenvalue weighted by molar-refractivity contribution is 7.99. The minimum Gasteiger partial charge on any atom is -0.494 e. The quantitative estimate of drug-likeness (QED) is 0.491. The zero-order valence-electron chi connectivity index (χ0n) is 16.1. The molecule has 1 saturated heterocycles. The third-order valence-corrected chi connectivity index (χ3v) is 6.06. The molecule has 0 atom stereocenters. The lowest BCUT2D eigenvalue weighted by Crippen LogP contribution is -2.51. The fourth-order valence-corrected chi connectivity index (χ4v) is 4.47. The molecule has 4 rings (SSSR count). The van der Waals surface area contributed by atoms with Crippen molar-refractivity contribution in [3.05, 3.63) is 18.2 Å². The molecule has 29 heavy (non-hydrogen) atoms. The maximum Gasteiger partial charge on any atom is 0.344 e. The number of hydrazine groups is 1. The van der Waals surface area contributed by atoms with Crippen LogP contribution in [0.2, 0.25) is 0 Å². The average Bonchev–Trinajstić information content (AvgIpc) is 3.21. The molecule has 1 aliphatic carbocycles. The van der Waals surface area contributed by atoms with E-state index in [4.69, 9.17) is 4.74 Å². The molecule has 1 aromatic carbocycles. The maximum atomic E-state index is 12.7. The van der Waals surface area contributed by atoms with E-state index >= 15 is 0 Å². The van der Waals surface area contributed by atoms with Crippen molar-refractivity contribution in [1.29, 1.82) is 0 Å². The first kappa shape index (κ1) is 19.6. The van der Waals surface area contributed by atoms with Gasteiger partial charge >= 0.3 is 6.03 Å². The van der Waals surface area contributed by atoms with Crippen LogP contribution in [0.15, 0.2) is 23.4 Å². The highest BCUT2D eigenvalue weighted by Gasteiger charge is 2.52. The van der Waals surface area contributed by atoms with E-state index in [9.17, 15) is 14.4 Å². The minimum atomic E-state index is -0.854. The maximum absolute atomic E-state index is 12.7. The number of aromatic nitrogens is 2. The van der Waals surface area contributed by atoms with Gasteiger partial charge in [0, 0.05) is 6.07 Å². The molecule has 9 nitrogen and oxygen atoms in total. The number of nitrogens with zero attached hydrogens (tertiary/aromatic N) is 2. The second-order valence-corrected chi connectivity index (χ2v) is 8.16. The van der Waals surface area contributed by atoms with Crippen LogP contribution in [0.4, 0.5) is 4.79 Å². The van der Waals surface area contributed by atoms with Gasteiger partial charge < -0.3 is 15.0 Å². The van der Waals surface area contributed by atoms with Crippen molar-refractivity contribution >= 4 is 40.6 Å². The molecular weight excluding hydrogens is 394 g/mol. The van der Waals surface area contributed by atoms with Crippen molar-refractivity contribution < 1.29 is 19.1 Å². The number of hydrogen-bond acceptors (Lipinski definition) is 6. The molecule has 2 aromatic rings. The Balaban J connectivity index is 1.36. The number of aromatic amines is 1. The van der Waals surface area contributed by atoms with Crippen LogP contribution in [0.1, 0.15) is 39.0 Å². The van der Waals surface area contributed by atoms with E-state index < -0.39 is 17.5 Å². The van der Waals surface area contributed by atoms with Crippen LogP contribution in [-0.2, 0) is 9.59 Å². The van der Waals surface area contributed by atoms with Gasteiger partial charge in [-0.25, -0.2) is 9.78 Å². The summed E-state index contributed by atoms with van der Waals surface area (Å²) in [5.74, 6) is -0.0509. The Hall–Kier alpha value is -2.75. The second kappa shape index (κ2) is 7.94. The summed E-state index contributed by atoms with van der Waals surface area (Å²) in [5, 5.41) is 4.16. The lowest BCUT2D eigenvalue weighted by Gasteiger charge is -2.30. The van der Waals surface area contributed by atoms with E-state index in [0.29, 0.717) is 24.6 Å². The normalized spacial score (nSPS) is 18.3. The van der Waals surface area contributed by atoms with Gasteiger partial charge in [0.1, 0.15) is 11.3 Å². The number of rotatable bonds is 6. The zero-order valence-corrected chi connectivity index (χ0v) is 16.9. The van der Waals surface area contributed by atoms with Gasteiger partial charge in [-0.3, -0.25) is 15.0 Å². The van der Waals surface area contributed by atoms with E-state index in [0.717, 1.165) is 41.1 Å². The van der Waals surface area contributed by atoms with Gasteiger partial charge in [-0.05, 0) is 31.9 Å². The number of H-pyrrole nitrogens is 1. The molecule has 2 fully saturated rings. The largest absolute Gasteiger partial charge is 0.494 e. The summed E-state index contributed by atoms with van der Waals surface area (Å²) in [4.78, 5) is 44.8. The monoisotopic (exact) mass is 417 g/mol. The van der Waals surface area contributed by atoms with Gasteiger partial charge in [-0.2, -0.15) is 5.01 Å². The lowest BCUT2D eigenvalue weighted by atomic mass is 9.82. The van der Waals surface area contributed by atoms with Crippen LogP contribution in [-0.4, -0.2) is 50.7 Å². The zero-order chi connectivity index (χ0) is 20.4. The summed E-state index contributed by atoms with van der Waals surface area (Å²) in [6.07, 6.45) is 4.06. The number of carbonyl (C=O) groups excluding carboxylic acids is 3. The van der Waals surface area contributed by atoms with E-state index in [1.165, 1.54) is 11.8 Å². The van der Waals surface area contributed by atoms with Crippen molar-refractivity contribution in [2.45, 2.75) is 49.7 Å². The predicted molar refractivity (Wildman–Crippen MR) is 107 cm³/mol. The molecule has 2 heterocycles. The van der Waals surface area contributed by atoms with Gasteiger partial charge in [0.25, 0.3) is 5.91 Å². The van der Waals surface area contributed by atoms with Gasteiger partial charge in [0.05, 0.1) is 23.4 Å². The number of urea groups is 1. The van der Waals surface area contributed by atoms with E-state index in [1.54, 1.807) is 0 Å². The molecule has 1 spiro atoms. The van der Waals surface area contributed by atoms with Crippen molar-refractivity contribution in [3.63, 3.8) is 0 Å². The van der Waals surface area contributed by atoms with Crippen molar-refractivity contribution in [2.75, 3.05) is 12.4 Å². The average molecular weight is 417 g/mol. The molecular formula is C19H23N5O4S. The van der Waals surface area contributed by atoms with Crippen molar-refractivity contribution in [3.8, 4) is 5.75 Å². The van der Waals surface area contributed by atoms with Gasteiger partial charge in [0.15, 0.2) is 5.16 Å². The van der Waals surface area contributed by atoms with Gasteiger partial charge in [-0.1, -0.05) is 31.0 Å². The number of benzene rings is 1. The summed E-state index contributed by atoms with van der Waals surface area (Å²) in [6, 6.07) is 4.97. The summed E-state index contributed by atoms with van der Waals surface area (Å²) >= 11 is 1.20. The lowest BCUT2D eigenvalue weighted by molar-refractivity contribution is -0.139. The summed E-state index contributed by atoms with van der Waals surface area (Å²) < 4.78 is 5.47. The van der Waals surface area contributed by atoms with Crippen LogP contribution in [0.3, 0.4) is 0 Å². The SMILES string of the molecule is CCOc1ccc2nc(SCC(=O)NN3C(=O)NC4(CCCCC4)C3=O)[nH]c2c1. The Morgan fingerprint density at radius 3 is 2.86 bits per heavy atom. The molecule has 0 radical (unpaired) electrons. The number of ether oxygens (including phenoxy) is 1. The summed E-state index contributed by atoms with van der Waals surface area (Å²) in [7, 11) is 0. The Kier molecular flexibility index (Phi) is 5.35. The molecule has 2 aliphatic rings. The van der Waals surface area contributed by atoms with Crippen LogP contribution in [0, 0.1) is 0 Å². The number of imidazole rings is 1. The van der Waals surface area contributed by atoms with Gasteiger partial charge in [-0.15, -0.1) is 0 Å². The fraction of sp³-hybridized carbons (Fsp3) is 0.474. The van der Waals surface area contributed by atoms with Crippen LogP contribution >= 0.6 is 11.8 Å². The Bertz CT molecular complexity index is 953. The minimum absolute atomic E-state index is 0.0161. The van der Waals surface area contributed by atoms with Crippen LogP contribution < -0.4 is 15.5 Å². The van der Waals surface area contributed by atoms with E-state index in [1.807, 2.05) is 25.1 Å². The summed E-state index contributed by atoms with van der Waals surface area (Å²) in [5.41, 5.74) is 3.16. The smallest absolute Gasteiger partial charge is 0.344 e. The highest BCUT2D eigenvalue weighted by atomic mass is 32.2. The summed E-state index contributed by atoms with van der Waals surface area (Å²) in [6.45, 7) is 2.49. The molecule has 154 valence electrons. The van der Waals surface area contributed by atoms with Crippen LogP contribution in [0.25, 0.3) is 11.0 Å². The number of thioether (sulfide) groups is 1. The molecule has 3 N–H and O–H groups in total. The van der Waals surface area contributed by atoms with E-state index in [2.05, 4.69) is 20.7 Å². The second-order valence-electron chi connectivity index (χ2n) is 7.19. The van der Waals surface area contributed by atoms with Crippen molar-refractivity contribution in [1.82, 2.24) is 25.7 Å². The first-order chi connectivity index (χ1) is 14.0. The molecule has 0 unspecified atom stereocenters. The first-order valence-electron chi connectivity index (χ1n) is 9.72. The molecule has 1 aliphatic heterocycles. The predicted octanol–water partition coefficient (Wildman–Crippen LogP) is 2.34. The third-order valence-electron chi connectivity index (χ3n) is 5.19. The Morgan fingerprint density at radius 1 is 1.31 bits per heavy atom. The number of imide groups is 1. The van der Waals surface area contributed by atoms with Gasteiger partial charge in [0.2, 0.25) is 5.91 Å². The standard InChI is InChI=1S/C19H23N5O4S/c1-2-28-12-6-7-13-14(10-12)21-17(20-13)29-11-15(25)23-24-16(26)19(22-18(24)27)8-4-3-5-9-19/h6-7,10H,2-5,8-9,11H2,1H3,(H,20,21)(H,22,27)(H,23,25). The topological polar surface area (TPSA) is 116 Å². The highest BCUT2D eigenvalue weighted by Crippen LogP contribution is 2.33. The number of amides is 4. The number of fused-ring (bicyclic) bond motifs is 1. The fourth-order valence-electron chi connectivity index (χ4n) is 3.80. The Morgan fingerprint density at radius 2 is 2.10 bits per heavy atom. The molecule has 4 amide bonds. The molecule has 10 heteroatoms. The molecule has 1 aromatic heterocycles. The van der Waals surface area contributed by atoms with Crippen LogP contribution in [0.5, 0.6) is 5.75 Å². The number of hydrogen-bond donors (Lipinski definition) is 3. The number of carbonyl (C=O) groups is 3. The first-order valence-corrected chi connectivity index (χ1v) is 10.7. The molecule has 1 saturated carbocycles. The Labute approximate surface area is 171 Å². The number of nitrogens with one attached hydrogen (secondary N) is 3. The van der Waals surface area contributed by atoms with E-state index in [-0.39, 0.29) is 11.7 Å². The third kappa shape index (κ3) is 3.89. The molecule has 0 bridgehead atoms. The van der Waals surface area contributed by atoms with Crippen molar-refractivity contribution in [2.24, 2.45) is 0 Å².